The number of nitrogens with zero attached hydrogens (tertiary/aromatic N) is 4. The fraction of sp³-hybridized carbons (Fsp3) is 0.611. The average Bonchev–Trinajstić information content (AvgIpc) is 3.32. The summed E-state index contributed by atoms with van der Waals surface area (Å²) in [6.07, 6.45) is -1.01. The summed E-state index contributed by atoms with van der Waals surface area (Å²) in [6.45, 7) is 5.56. The smallest absolute Gasteiger partial charge is 0.418 e. The van der Waals surface area contributed by atoms with E-state index in [1.165, 1.54) is 4.68 Å². The van der Waals surface area contributed by atoms with Gasteiger partial charge in [-0.1, -0.05) is 19.1 Å². The van der Waals surface area contributed by atoms with E-state index >= 15 is 0 Å². The number of pyridine rings is 1. The van der Waals surface area contributed by atoms with Crippen LogP contribution in [0.4, 0.5) is 13.2 Å². The molecule has 152 valence electrons. The Kier molecular flexibility index (Phi) is 4.78. The van der Waals surface area contributed by atoms with Crippen molar-refractivity contribution in [2.24, 2.45) is 5.41 Å². The van der Waals surface area contributed by atoms with E-state index in [0.29, 0.717) is 25.5 Å². The van der Waals surface area contributed by atoms with E-state index in [9.17, 15) is 13.2 Å². The maximum absolute atomic E-state index is 13.0. The Balaban J connectivity index is 1.52. The number of hydrogen-bond donors (Lipinski definition) is 0. The van der Waals surface area contributed by atoms with Crippen LogP contribution in [0.2, 0.25) is 0 Å². The van der Waals surface area contributed by atoms with Crippen molar-refractivity contribution in [2.75, 3.05) is 13.2 Å². The van der Waals surface area contributed by atoms with E-state index < -0.39 is 18.0 Å². The van der Waals surface area contributed by atoms with E-state index in [-0.39, 0.29) is 23.0 Å². The Morgan fingerprint density at radius 1 is 1.25 bits per heavy atom. The number of alkyl halides is 3. The lowest BCUT2D eigenvalue weighted by Gasteiger charge is -2.34. The zero-order chi connectivity index (χ0) is 19.9. The Morgan fingerprint density at radius 3 is 2.61 bits per heavy atom. The molecule has 3 heterocycles. The van der Waals surface area contributed by atoms with Gasteiger partial charge >= 0.3 is 6.18 Å². The third kappa shape index (κ3) is 4.44. The second kappa shape index (κ2) is 7.00. The first-order valence-electron chi connectivity index (χ1n) is 9.07. The Hall–Kier alpha value is -2.20. The van der Waals surface area contributed by atoms with Gasteiger partial charge in [0.25, 0.3) is 0 Å². The van der Waals surface area contributed by atoms with E-state index in [1.54, 1.807) is 6.20 Å². The van der Waals surface area contributed by atoms with Crippen LogP contribution in [0.3, 0.4) is 0 Å². The summed E-state index contributed by atoms with van der Waals surface area (Å²) in [6, 6.07) is 0.967. The largest absolute Gasteiger partial charge is 0.488 e. The third-order valence-corrected chi connectivity index (χ3v) is 4.44. The molecule has 10 heteroatoms. The molecule has 2 fully saturated rings. The molecular formula is C18H21F3N4O3. The van der Waals surface area contributed by atoms with Gasteiger partial charge in [-0.2, -0.15) is 13.2 Å². The molecule has 0 amide bonds. The fourth-order valence-electron chi connectivity index (χ4n) is 2.73. The van der Waals surface area contributed by atoms with Gasteiger partial charge in [0.15, 0.2) is 6.29 Å². The molecular weight excluding hydrogens is 377 g/mol. The van der Waals surface area contributed by atoms with Gasteiger partial charge < -0.3 is 14.2 Å². The lowest BCUT2D eigenvalue weighted by Crippen LogP contribution is -2.39. The molecule has 2 aliphatic rings. The molecule has 0 N–H and O–H groups in total. The molecule has 1 saturated heterocycles. The minimum atomic E-state index is -4.49. The minimum Gasteiger partial charge on any atom is -0.488 e. The molecule has 4 rings (SSSR count). The van der Waals surface area contributed by atoms with Crippen molar-refractivity contribution in [1.82, 2.24) is 20.0 Å². The quantitative estimate of drug-likeness (QED) is 0.770. The average molecular weight is 398 g/mol. The van der Waals surface area contributed by atoms with Crippen LogP contribution in [0.25, 0.3) is 11.4 Å². The molecule has 0 atom stereocenters. The first-order valence-corrected chi connectivity index (χ1v) is 9.07. The maximum atomic E-state index is 13.0. The molecule has 0 aromatic carbocycles. The summed E-state index contributed by atoms with van der Waals surface area (Å²) in [7, 11) is 0. The van der Waals surface area contributed by atoms with Crippen LogP contribution in [-0.4, -0.2) is 45.6 Å². The molecule has 1 aliphatic heterocycles. The van der Waals surface area contributed by atoms with Gasteiger partial charge in [-0.25, -0.2) is 9.67 Å². The SMILES string of the molecule is CC1(C)COC(Cn2cc(-c3ncc(C(F)(F)F)cc3OC3CC3)nn2)OC1. The van der Waals surface area contributed by atoms with Crippen molar-refractivity contribution >= 4 is 0 Å². The zero-order valence-corrected chi connectivity index (χ0v) is 15.6. The predicted molar refractivity (Wildman–Crippen MR) is 91.4 cm³/mol. The summed E-state index contributed by atoms with van der Waals surface area (Å²) in [5.41, 5.74) is -0.326. The molecule has 2 aromatic rings. The first kappa shape index (κ1) is 19.1. The number of ether oxygens (including phenoxy) is 3. The van der Waals surface area contributed by atoms with Crippen molar-refractivity contribution in [3.05, 3.63) is 24.0 Å². The van der Waals surface area contributed by atoms with Gasteiger partial charge in [0.05, 0.1) is 37.6 Å². The van der Waals surface area contributed by atoms with Crippen molar-refractivity contribution < 1.29 is 27.4 Å². The molecule has 0 bridgehead atoms. The third-order valence-electron chi connectivity index (χ3n) is 4.44. The molecule has 0 radical (unpaired) electrons. The molecule has 28 heavy (non-hydrogen) atoms. The summed E-state index contributed by atoms with van der Waals surface area (Å²) in [5.74, 6) is 0.0660. The number of aromatic nitrogens is 4. The standard InChI is InChI=1S/C18H21F3N4O3/c1-17(2)9-26-15(27-10-17)8-25-7-13(23-24-25)16-14(28-12-3-4-12)5-11(6-22-16)18(19,20)21/h5-7,12,15H,3-4,8-10H2,1-2H3. The molecule has 2 aromatic heterocycles. The van der Waals surface area contributed by atoms with Gasteiger partial charge in [0, 0.05) is 11.6 Å². The molecule has 0 unspecified atom stereocenters. The number of halogens is 3. The van der Waals surface area contributed by atoms with Crippen LogP contribution in [0.15, 0.2) is 18.5 Å². The summed E-state index contributed by atoms with van der Waals surface area (Å²) >= 11 is 0. The highest BCUT2D eigenvalue weighted by Gasteiger charge is 2.34. The van der Waals surface area contributed by atoms with Crippen LogP contribution < -0.4 is 4.74 Å². The molecule has 0 spiro atoms. The van der Waals surface area contributed by atoms with Crippen LogP contribution in [0.5, 0.6) is 5.75 Å². The van der Waals surface area contributed by atoms with E-state index in [0.717, 1.165) is 25.1 Å². The van der Waals surface area contributed by atoms with E-state index in [4.69, 9.17) is 14.2 Å². The van der Waals surface area contributed by atoms with Crippen LogP contribution in [0, 0.1) is 5.41 Å². The Morgan fingerprint density at radius 2 is 1.96 bits per heavy atom. The maximum Gasteiger partial charge on any atom is 0.418 e. The van der Waals surface area contributed by atoms with Crippen molar-refractivity contribution in [3.63, 3.8) is 0 Å². The van der Waals surface area contributed by atoms with Crippen molar-refractivity contribution in [2.45, 2.75) is 51.8 Å². The summed E-state index contributed by atoms with van der Waals surface area (Å²) in [5, 5.41) is 8.06. The van der Waals surface area contributed by atoms with Crippen LogP contribution in [-0.2, 0) is 22.2 Å². The van der Waals surface area contributed by atoms with E-state index in [2.05, 4.69) is 29.1 Å². The highest BCUT2D eigenvalue weighted by molar-refractivity contribution is 5.62. The molecule has 1 saturated carbocycles. The van der Waals surface area contributed by atoms with Gasteiger partial charge in [-0.15, -0.1) is 5.10 Å². The monoisotopic (exact) mass is 398 g/mol. The van der Waals surface area contributed by atoms with Gasteiger partial charge in [0.2, 0.25) is 0 Å². The second-order valence-electron chi connectivity index (χ2n) is 7.93. The van der Waals surface area contributed by atoms with Crippen molar-refractivity contribution in [3.8, 4) is 17.1 Å². The van der Waals surface area contributed by atoms with Crippen LogP contribution in [0.1, 0.15) is 32.3 Å². The lowest BCUT2D eigenvalue weighted by atomic mass is 9.96. The normalized spacial score (nSPS) is 20.3. The zero-order valence-electron chi connectivity index (χ0n) is 15.6. The highest BCUT2D eigenvalue weighted by Crippen LogP contribution is 2.37. The lowest BCUT2D eigenvalue weighted by molar-refractivity contribution is -0.227. The molecule has 7 nitrogen and oxygen atoms in total. The Bertz CT molecular complexity index is 839. The van der Waals surface area contributed by atoms with Gasteiger partial charge in [-0.05, 0) is 18.9 Å². The predicted octanol–water partition coefficient (Wildman–Crippen LogP) is 3.30. The molecule has 1 aliphatic carbocycles. The van der Waals surface area contributed by atoms with Crippen molar-refractivity contribution in [1.29, 1.82) is 0 Å². The van der Waals surface area contributed by atoms with Crippen LogP contribution >= 0.6 is 0 Å². The Labute approximate surface area is 159 Å². The number of rotatable bonds is 5. The van der Waals surface area contributed by atoms with Gasteiger partial charge in [-0.3, -0.25) is 0 Å². The summed E-state index contributed by atoms with van der Waals surface area (Å²) in [4.78, 5) is 3.95. The van der Waals surface area contributed by atoms with E-state index in [1.807, 2.05) is 0 Å². The highest BCUT2D eigenvalue weighted by atomic mass is 19.4. The minimum absolute atomic E-state index is 0.0385. The fourth-order valence-corrected chi connectivity index (χ4v) is 2.73. The number of hydrogen-bond acceptors (Lipinski definition) is 6. The topological polar surface area (TPSA) is 71.3 Å². The first-order chi connectivity index (χ1) is 13.2. The second-order valence-corrected chi connectivity index (χ2v) is 7.93. The summed E-state index contributed by atoms with van der Waals surface area (Å²) < 4.78 is 57.6. The van der Waals surface area contributed by atoms with Gasteiger partial charge in [0.1, 0.15) is 17.1 Å².